The molecule has 16 heavy (non-hydrogen) atoms. The smallest absolute Gasteiger partial charge is 0.319 e. The zero-order valence-electron chi connectivity index (χ0n) is 8.29. The summed E-state index contributed by atoms with van der Waals surface area (Å²) in [5.41, 5.74) is 0.496. The fourth-order valence-electron chi connectivity index (χ4n) is 1.38. The fraction of sp³-hybridized carbons (Fsp3) is 0.333. The zero-order valence-corrected chi connectivity index (χ0v) is 8.29. The lowest BCUT2D eigenvalue weighted by Crippen LogP contribution is -2.07. The van der Waals surface area contributed by atoms with E-state index in [9.17, 15) is 8.78 Å². The Balaban J connectivity index is 2.17. The molecule has 2 aromatic heterocycles. The Hall–Kier alpha value is -1.76. The summed E-state index contributed by atoms with van der Waals surface area (Å²) >= 11 is 0. The second-order valence-corrected chi connectivity index (χ2v) is 3.22. The number of nitrogens with zero attached hydrogens (tertiary/aromatic N) is 4. The second kappa shape index (κ2) is 4.40. The van der Waals surface area contributed by atoms with Gasteiger partial charge in [0.2, 0.25) is 0 Å². The van der Waals surface area contributed by atoms with E-state index in [1.54, 1.807) is 10.8 Å². The van der Waals surface area contributed by atoms with Crippen molar-refractivity contribution in [3.8, 4) is 0 Å². The van der Waals surface area contributed by atoms with Gasteiger partial charge >= 0.3 is 6.55 Å². The third-order valence-corrected chi connectivity index (χ3v) is 2.13. The highest BCUT2D eigenvalue weighted by molar-refractivity contribution is 4.99. The topological polar surface area (TPSA) is 55.9 Å². The molecule has 86 valence electrons. The molecule has 0 spiro atoms. The largest absolute Gasteiger partial charge is 0.390 e. The van der Waals surface area contributed by atoms with E-state index >= 15 is 0 Å². The number of hydrogen-bond acceptors (Lipinski definition) is 3. The van der Waals surface area contributed by atoms with Crippen LogP contribution in [-0.4, -0.2) is 24.2 Å². The number of aliphatic hydroxyl groups is 1. The number of rotatable bonds is 4. The van der Waals surface area contributed by atoms with E-state index in [4.69, 9.17) is 5.11 Å². The molecule has 0 saturated carbocycles. The van der Waals surface area contributed by atoms with Gasteiger partial charge in [-0.25, -0.2) is 9.97 Å². The molecule has 0 amide bonds. The molecule has 0 aliphatic carbocycles. The SMILES string of the molecule is OCc1cn(Cc2nccn2C(F)F)cn1. The van der Waals surface area contributed by atoms with Gasteiger partial charge in [0, 0.05) is 18.6 Å². The monoisotopic (exact) mass is 228 g/mol. The van der Waals surface area contributed by atoms with E-state index in [0.717, 1.165) is 4.57 Å². The Labute approximate surface area is 90.0 Å². The Kier molecular flexibility index (Phi) is 2.95. The van der Waals surface area contributed by atoms with Crippen LogP contribution in [0, 0.1) is 0 Å². The normalized spacial score (nSPS) is 11.2. The minimum atomic E-state index is -2.60. The third-order valence-electron chi connectivity index (χ3n) is 2.13. The van der Waals surface area contributed by atoms with Crippen molar-refractivity contribution in [1.29, 1.82) is 0 Å². The van der Waals surface area contributed by atoms with Gasteiger partial charge < -0.3 is 9.67 Å². The molecule has 0 aliphatic rings. The molecule has 0 fully saturated rings. The lowest BCUT2D eigenvalue weighted by molar-refractivity contribution is 0.0667. The summed E-state index contributed by atoms with van der Waals surface area (Å²) in [6.07, 6.45) is 5.61. The highest BCUT2D eigenvalue weighted by Gasteiger charge is 2.11. The van der Waals surface area contributed by atoms with Gasteiger partial charge in [0.15, 0.2) is 0 Å². The predicted octanol–water partition coefficient (Wildman–Crippen LogP) is 1.02. The Bertz CT molecular complexity index is 466. The molecule has 0 saturated heterocycles. The number of imidazole rings is 2. The van der Waals surface area contributed by atoms with E-state index in [-0.39, 0.29) is 19.0 Å². The predicted molar refractivity (Wildman–Crippen MR) is 50.7 cm³/mol. The first-order chi connectivity index (χ1) is 7.70. The van der Waals surface area contributed by atoms with Gasteiger partial charge in [0.1, 0.15) is 5.82 Å². The van der Waals surface area contributed by atoms with Crippen LogP contribution in [0.2, 0.25) is 0 Å². The number of hydrogen-bond donors (Lipinski definition) is 1. The lowest BCUT2D eigenvalue weighted by Gasteiger charge is -2.06. The van der Waals surface area contributed by atoms with Gasteiger partial charge in [-0.2, -0.15) is 8.78 Å². The van der Waals surface area contributed by atoms with Crippen LogP contribution in [0.1, 0.15) is 18.1 Å². The molecular formula is C9H10F2N4O. The van der Waals surface area contributed by atoms with Gasteiger partial charge in [0.05, 0.1) is 25.2 Å². The maximum atomic E-state index is 12.5. The molecule has 2 aromatic rings. The highest BCUT2D eigenvalue weighted by Crippen LogP contribution is 2.13. The maximum absolute atomic E-state index is 12.5. The van der Waals surface area contributed by atoms with Crippen molar-refractivity contribution in [2.45, 2.75) is 19.7 Å². The van der Waals surface area contributed by atoms with Gasteiger partial charge in [0.25, 0.3) is 0 Å². The van der Waals surface area contributed by atoms with Crippen LogP contribution in [-0.2, 0) is 13.2 Å². The van der Waals surface area contributed by atoms with Crippen LogP contribution in [0.4, 0.5) is 8.78 Å². The Morgan fingerprint density at radius 3 is 2.81 bits per heavy atom. The Morgan fingerprint density at radius 1 is 1.38 bits per heavy atom. The first kappa shape index (κ1) is 10.7. The zero-order chi connectivity index (χ0) is 11.5. The van der Waals surface area contributed by atoms with E-state index in [0.29, 0.717) is 5.69 Å². The van der Waals surface area contributed by atoms with Crippen molar-refractivity contribution in [3.63, 3.8) is 0 Å². The molecule has 0 bridgehead atoms. The van der Waals surface area contributed by atoms with Gasteiger partial charge in [-0.1, -0.05) is 0 Å². The summed E-state index contributed by atoms with van der Waals surface area (Å²) in [5, 5.41) is 8.80. The summed E-state index contributed by atoms with van der Waals surface area (Å²) in [4.78, 5) is 7.72. The summed E-state index contributed by atoms with van der Waals surface area (Å²) in [5.74, 6) is 0.247. The highest BCUT2D eigenvalue weighted by atomic mass is 19.3. The number of alkyl halides is 2. The van der Waals surface area contributed by atoms with Crippen LogP contribution in [0.15, 0.2) is 24.9 Å². The molecule has 0 unspecified atom stereocenters. The van der Waals surface area contributed by atoms with E-state index < -0.39 is 6.55 Å². The second-order valence-electron chi connectivity index (χ2n) is 3.22. The van der Waals surface area contributed by atoms with Crippen LogP contribution < -0.4 is 0 Å². The Morgan fingerprint density at radius 2 is 2.19 bits per heavy atom. The van der Waals surface area contributed by atoms with Crippen molar-refractivity contribution in [2.24, 2.45) is 0 Å². The van der Waals surface area contributed by atoms with Crippen LogP contribution in [0.25, 0.3) is 0 Å². The molecule has 0 atom stereocenters. The minimum absolute atomic E-state index is 0.170. The molecule has 0 radical (unpaired) electrons. The molecule has 5 nitrogen and oxygen atoms in total. The van der Waals surface area contributed by atoms with Crippen molar-refractivity contribution in [1.82, 2.24) is 19.1 Å². The lowest BCUT2D eigenvalue weighted by atomic mass is 10.5. The van der Waals surface area contributed by atoms with E-state index in [1.165, 1.54) is 18.7 Å². The van der Waals surface area contributed by atoms with Gasteiger partial charge in [-0.3, -0.25) is 4.57 Å². The standard InChI is InChI=1S/C9H10F2N4O/c10-9(11)15-2-1-12-8(15)4-14-3-7(5-16)13-6-14/h1-3,6,9,16H,4-5H2. The van der Waals surface area contributed by atoms with Gasteiger partial charge in [-0.15, -0.1) is 0 Å². The van der Waals surface area contributed by atoms with Crippen LogP contribution in [0.3, 0.4) is 0 Å². The van der Waals surface area contributed by atoms with Crippen molar-refractivity contribution >= 4 is 0 Å². The maximum Gasteiger partial charge on any atom is 0.319 e. The molecule has 2 heterocycles. The number of aromatic nitrogens is 4. The molecule has 2 rings (SSSR count). The minimum Gasteiger partial charge on any atom is -0.390 e. The summed E-state index contributed by atoms with van der Waals surface area (Å²) in [6.45, 7) is -2.57. The summed E-state index contributed by atoms with van der Waals surface area (Å²) in [6, 6.07) is 0. The molecular weight excluding hydrogens is 218 g/mol. The van der Waals surface area contributed by atoms with Crippen LogP contribution in [0.5, 0.6) is 0 Å². The van der Waals surface area contributed by atoms with E-state index in [2.05, 4.69) is 9.97 Å². The van der Waals surface area contributed by atoms with Crippen molar-refractivity contribution < 1.29 is 13.9 Å². The van der Waals surface area contributed by atoms with Crippen LogP contribution >= 0.6 is 0 Å². The number of halogens is 2. The molecule has 0 aliphatic heterocycles. The third kappa shape index (κ3) is 2.08. The quantitative estimate of drug-likeness (QED) is 0.849. The fourth-order valence-corrected chi connectivity index (χ4v) is 1.38. The van der Waals surface area contributed by atoms with Gasteiger partial charge in [-0.05, 0) is 0 Å². The first-order valence-corrected chi connectivity index (χ1v) is 4.62. The molecule has 1 N–H and O–H groups in total. The average molecular weight is 228 g/mol. The van der Waals surface area contributed by atoms with Crippen molar-refractivity contribution in [3.05, 3.63) is 36.4 Å². The van der Waals surface area contributed by atoms with Crippen molar-refractivity contribution in [2.75, 3.05) is 0 Å². The first-order valence-electron chi connectivity index (χ1n) is 4.62. The molecule has 7 heteroatoms. The summed E-state index contributed by atoms with van der Waals surface area (Å²) < 4.78 is 27.4. The average Bonchev–Trinajstić information content (AvgIpc) is 2.87. The van der Waals surface area contributed by atoms with E-state index in [1.807, 2.05) is 0 Å². The summed E-state index contributed by atoms with van der Waals surface area (Å²) in [7, 11) is 0. The number of aliphatic hydroxyl groups excluding tert-OH is 1. The molecule has 0 aromatic carbocycles.